The molecule has 5 rings (SSSR count). The lowest BCUT2D eigenvalue weighted by Crippen LogP contribution is -2.32. The zero-order chi connectivity index (χ0) is 44.5. The number of nitrogens with zero attached hydrogens (tertiary/aromatic N) is 2. The summed E-state index contributed by atoms with van der Waals surface area (Å²) in [7, 11) is 0. The third-order valence-electron chi connectivity index (χ3n) is 8.84. The molecule has 2 atom stereocenters. The zero-order valence-electron chi connectivity index (χ0n) is 33.4. The number of carboxylic acid groups (broad SMARTS) is 1. The van der Waals surface area contributed by atoms with Crippen molar-refractivity contribution in [2.24, 2.45) is 0 Å². The Labute approximate surface area is 349 Å². The van der Waals surface area contributed by atoms with Gasteiger partial charge in [0.25, 0.3) is 23.6 Å². The smallest absolute Gasteiger partial charge is 0.309 e. The average Bonchev–Trinajstić information content (AvgIpc) is 3.61. The molecule has 1 N–H and O–H groups in total. The Morgan fingerprint density at radius 3 is 1.25 bits per heavy atom. The second-order valence-corrected chi connectivity index (χ2v) is 13.5. The summed E-state index contributed by atoms with van der Waals surface area (Å²) < 4.78 is 25.2. The van der Waals surface area contributed by atoms with Crippen molar-refractivity contribution in [1.29, 1.82) is 0 Å². The number of imide groups is 2. The Kier molecular flexibility index (Phi) is 17.4. The summed E-state index contributed by atoms with van der Waals surface area (Å²) in [5.74, 6) is -6.18. The van der Waals surface area contributed by atoms with Crippen LogP contribution in [0, 0.1) is 0 Å². The van der Waals surface area contributed by atoms with E-state index in [1.807, 2.05) is 30.3 Å². The van der Waals surface area contributed by atoms with Crippen LogP contribution < -0.4 is 0 Å². The first-order valence-electron chi connectivity index (χ1n) is 19.2. The van der Waals surface area contributed by atoms with Crippen molar-refractivity contribution in [1.82, 2.24) is 9.80 Å². The van der Waals surface area contributed by atoms with Crippen molar-refractivity contribution in [3.05, 3.63) is 107 Å². The number of hydrogen-bond donors (Lipinski definition) is 1. The van der Waals surface area contributed by atoms with Gasteiger partial charge in [0.05, 0.1) is 47.9 Å². The average molecular weight is 845 g/mol. The summed E-state index contributed by atoms with van der Waals surface area (Å²) in [6, 6.07) is 22.1. The van der Waals surface area contributed by atoms with Crippen LogP contribution in [0.15, 0.2) is 78.9 Å². The van der Waals surface area contributed by atoms with Crippen LogP contribution in [0.1, 0.15) is 112 Å². The highest BCUT2D eigenvalue weighted by Gasteiger charge is 2.36. The molecular formula is C43H44N2O16. The summed E-state index contributed by atoms with van der Waals surface area (Å²) in [5, 5.41) is 8.57. The normalized spacial score (nSPS) is 13.5. The predicted molar refractivity (Wildman–Crippen MR) is 208 cm³/mol. The van der Waals surface area contributed by atoms with Gasteiger partial charge in [-0.2, -0.15) is 0 Å². The van der Waals surface area contributed by atoms with E-state index < -0.39 is 78.4 Å². The largest absolute Gasteiger partial charge is 0.481 e. The molecule has 61 heavy (non-hydrogen) atoms. The number of aliphatic carboxylic acids is 1. The third-order valence-corrected chi connectivity index (χ3v) is 8.84. The van der Waals surface area contributed by atoms with Crippen LogP contribution in [-0.2, 0) is 59.1 Å². The van der Waals surface area contributed by atoms with Gasteiger partial charge in [-0.1, -0.05) is 54.6 Å². The fourth-order valence-electron chi connectivity index (χ4n) is 6.01. The first-order valence-corrected chi connectivity index (χ1v) is 19.2. The minimum absolute atomic E-state index is 0.0613. The van der Waals surface area contributed by atoms with Gasteiger partial charge in [-0.25, -0.2) is 0 Å². The van der Waals surface area contributed by atoms with Crippen molar-refractivity contribution in [3.63, 3.8) is 0 Å². The minimum Gasteiger partial charge on any atom is -0.481 e. The minimum atomic E-state index is -1.21. The summed E-state index contributed by atoms with van der Waals surface area (Å²) in [6.45, 7) is 2.56. The Morgan fingerprint density at radius 2 is 0.869 bits per heavy atom. The Balaban J connectivity index is 0.000000276. The quantitative estimate of drug-likeness (QED) is 0.0718. The number of ether oxygens (including phenoxy) is 5. The maximum atomic E-state index is 12.4. The van der Waals surface area contributed by atoms with Crippen LogP contribution in [0.5, 0.6) is 0 Å². The van der Waals surface area contributed by atoms with E-state index in [1.165, 1.54) is 6.92 Å². The van der Waals surface area contributed by atoms with E-state index in [-0.39, 0.29) is 64.6 Å². The van der Waals surface area contributed by atoms with Crippen LogP contribution in [0.25, 0.3) is 0 Å². The van der Waals surface area contributed by atoms with Crippen LogP contribution in [0.3, 0.4) is 0 Å². The number of fused-ring (bicyclic) bond motifs is 2. The Hall–Kier alpha value is -7.24. The molecule has 2 heterocycles. The monoisotopic (exact) mass is 844 g/mol. The second kappa shape index (κ2) is 22.8. The van der Waals surface area contributed by atoms with Crippen molar-refractivity contribution < 1.29 is 76.7 Å². The van der Waals surface area contributed by atoms with Crippen LogP contribution in [0.4, 0.5) is 0 Å². The lowest BCUT2D eigenvalue weighted by molar-refractivity contribution is -0.189. The van der Waals surface area contributed by atoms with Gasteiger partial charge in [0.2, 0.25) is 12.6 Å². The van der Waals surface area contributed by atoms with Gasteiger partial charge in [0, 0.05) is 39.8 Å². The molecule has 3 aromatic carbocycles. The molecular weight excluding hydrogens is 800 g/mol. The van der Waals surface area contributed by atoms with Gasteiger partial charge in [0.15, 0.2) is 0 Å². The van der Waals surface area contributed by atoms with E-state index in [2.05, 4.69) is 0 Å². The Morgan fingerprint density at radius 1 is 0.508 bits per heavy atom. The van der Waals surface area contributed by atoms with Crippen molar-refractivity contribution in [2.75, 3.05) is 13.1 Å². The number of esters is 5. The van der Waals surface area contributed by atoms with E-state index in [0.717, 1.165) is 22.3 Å². The summed E-state index contributed by atoms with van der Waals surface area (Å²) in [6.07, 6.45) is -2.97. The number of rotatable bonds is 20. The molecule has 0 saturated heterocycles. The molecule has 0 aliphatic carbocycles. The van der Waals surface area contributed by atoms with Gasteiger partial charge in [-0.3, -0.25) is 57.7 Å². The highest BCUT2D eigenvalue weighted by molar-refractivity contribution is 6.22. The summed E-state index contributed by atoms with van der Waals surface area (Å²) in [4.78, 5) is 120. The molecule has 0 radical (unpaired) electrons. The molecule has 18 nitrogen and oxygen atoms in total. The van der Waals surface area contributed by atoms with E-state index in [9.17, 15) is 47.9 Å². The number of amides is 4. The van der Waals surface area contributed by atoms with Gasteiger partial charge in [0.1, 0.15) is 6.61 Å². The van der Waals surface area contributed by atoms with E-state index in [0.29, 0.717) is 22.3 Å². The van der Waals surface area contributed by atoms with Crippen LogP contribution in [0.2, 0.25) is 0 Å². The molecule has 2 aliphatic rings. The van der Waals surface area contributed by atoms with Gasteiger partial charge in [-0.05, 0) is 42.7 Å². The molecule has 0 spiro atoms. The topological polar surface area (TPSA) is 244 Å². The highest BCUT2D eigenvalue weighted by Crippen LogP contribution is 2.24. The molecule has 0 aromatic heterocycles. The van der Waals surface area contributed by atoms with E-state index >= 15 is 0 Å². The van der Waals surface area contributed by atoms with Gasteiger partial charge < -0.3 is 28.8 Å². The number of carbonyl (C=O) groups excluding carboxylic acids is 9. The molecule has 0 bridgehead atoms. The van der Waals surface area contributed by atoms with Gasteiger partial charge in [-0.15, -0.1) is 0 Å². The number of benzene rings is 3. The van der Waals surface area contributed by atoms with Crippen molar-refractivity contribution >= 4 is 59.4 Å². The summed E-state index contributed by atoms with van der Waals surface area (Å²) >= 11 is 0. The number of carboxylic acids is 1. The molecule has 4 amide bonds. The molecule has 322 valence electrons. The van der Waals surface area contributed by atoms with Gasteiger partial charge >= 0.3 is 35.8 Å². The third kappa shape index (κ3) is 14.2. The highest BCUT2D eigenvalue weighted by atomic mass is 16.7. The SMILES string of the molecule is CC(=O)OC(CCCN1C(=O)c2ccccc2C1=O)OC(=O)CCC(=O)O.CC(=O)OC(CCCN1C(=O)c2ccccc2C1=O)OC(=O)CCC(=O)OCc1ccccc1. The lowest BCUT2D eigenvalue weighted by atomic mass is 10.1. The Bertz CT molecular complexity index is 2060. The summed E-state index contributed by atoms with van der Waals surface area (Å²) in [5.41, 5.74) is 2.17. The molecule has 3 aromatic rings. The maximum absolute atomic E-state index is 12.4. The standard InChI is InChI=1S/C25H25NO8.C18H19NO8/c1-17(27)33-23(12-7-15-26-24(30)19-10-5-6-11-20(19)25(26)31)34-22(29)14-13-21(28)32-16-18-8-3-2-4-9-18;1-11(20)26-16(27-15(23)9-8-14(21)22)7-4-10-19-17(24)12-5-2-3-6-13(12)18(19)25/h2-6,8-11,23H,7,12-16H2,1H3;2-3,5-6,16H,4,7-10H2,1H3,(H,21,22). The zero-order valence-corrected chi connectivity index (χ0v) is 33.4. The molecule has 0 fully saturated rings. The van der Waals surface area contributed by atoms with E-state index in [4.69, 9.17) is 28.8 Å². The first kappa shape index (κ1) is 46.4. The molecule has 0 saturated carbocycles. The predicted octanol–water partition coefficient (Wildman–Crippen LogP) is 4.38. The van der Waals surface area contributed by atoms with Crippen molar-refractivity contribution in [2.45, 2.75) is 84.4 Å². The number of hydrogen-bond acceptors (Lipinski definition) is 15. The maximum Gasteiger partial charge on any atom is 0.309 e. The molecule has 2 aliphatic heterocycles. The lowest BCUT2D eigenvalue weighted by Gasteiger charge is -2.19. The molecule has 2 unspecified atom stereocenters. The van der Waals surface area contributed by atoms with Crippen LogP contribution in [-0.4, -0.2) is 100 Å². The second-order valence-electron chi connectivity index (χ2n) is 13.5. The fraction of sp³-hybridized carbons (Fsp3) is 0.349. The van der Waals surface area contributed by atoms with Crippen LogP contribution >= 0.6 is 0 Å². The first-order chi connectivity index (χ1) is 29.1. The molecule has 18 heteroatoms. The fourth-order valence-corrected chi connectivity index (χ4v) is 6.01. The van der Waals surface area contributed by atoms with E-state index in [1.54, 1.807) is 48.5 Å². The number of carbonyl (C=O) groups is 10. The van der Waals surface area contributed by atoms with Crippen molar-refractivity contribution in [3.8, 4) is 0 Å².